The van der Waals surface area contributed by atoms with Crippen LogP contribution in [0.1, 0.15) is 12.7 Å². The standard InChI is InChI=1S/C11H17N7O/c1-3-19-11-9(12)10(14-6-15-11)13-5-4-8-17-16-7-18(8)2/h6-7H,3-5,12H2,1-2H3,(H,13,14,15). The number of aryl methyl sites for hydroxylation is 1. The molecule has 0 amide bonds. The third kappa shape index (κ3) is 3.09. The van der Waals surface area contributed by atoms with Gasteiger partial charge >= 0.3 is 0 Å². The fraction of sp³-hybridized carbons (Fsp3) is 0.455. The maximum absolute atomic E-state index is 5.91. The van der Waals surface area contributed by atoms with Crippen molar-refractivity contribution in [1.82, 2.24) is 24.7 Å². The Kier molecular flexibility index (Phi) is 4.11. The zero-order valence-electron chi connectivity index (χ0n) is 11.0. The van der Waals surface area contributed by atoms with E-state index in [0.29, 0.717) is 30.5 Å². The number of ether oxygens (including phenoxy) is 1. The number of hydrogen-bond donors (Lipinski definition) is 2. The van der Waals surface area contributed by atoms with Crippen molar-refractivity contribution in [3.8, 4) is 5.88 Å². The molecule has 2 aromatic rings. The molecule has 2 aromatic heterocycles. The first kappa shape index (κ1) is 13.1. The summed E-state index contributed by atoms with van der Waals surface area (Å²) < 4.78 is 7.18. The molecule has 19 heavy (non-hydrogen) atoms. The van der Waals surface area contributed by atoms with Crippen LogP contribution in [0.25, 0.3) is 0 Å². The van der Waals surface area contributed by atoms with Crippen molar-refractivity contribution in [2.45, 2.75) is 13.3 Å². The number of aromatic nitrogens is 5. The maximum Gasteiger partial charge on any atom is 0.242 e. The summed E-state index contributed by atoms with van der Waals surface area (Å²) >= 11 is 0. The van der Waals surface area contributed by atoms with E-state index in [4.69, 9.17) is 10.5 Å². The van der Waals surface area contributed by atoms with Crippen LogP contribution in [-0.2, 0) is 13.5 Å². The number of nitrogens with two attached hydrogens (primary N) is 1. The van der Waals surface area contributed by atoms with Crippen molar-refractivity contribution in [3.63, 3.8) is 0 Å². The topological polar surface area (TPSA) is 104 Å². The molecule has 3 N–H and O–H groups in total. The minimum absolute atomic E-state index is 0.402. The van der Waals surface area contributed by atoms with Gasteiger partial charge in [-0.15, -0.1) is 10.2 Å². The van der Waals surface area contributed by atoms with Crippen LogP contribution in [0.5, 0.6) is 5.88 Å². The van der Waals surface area contributed by atoms with Gasteiger partial charge in [-0.2, -0.15) is 4.98 Å². The molecule has 0 fully saturated rings. The first-order valence-electron chi connectivity index (χ1n) is 6.02. The molecule has 102 valence electrons. The molecule has 0 aromatic carbocycles. The van der Waals surface area contributed by atoms with Crippen molar-refractivity contribution in [2.24, 2.45) is 7.05 Å². The third-order valence-electron chi connectivity index (χ3n) is 2.57. The summed E-state index contributed by atoms with van der Waals surface area (Å²) in [7, 11) is 1.90. The predicted molar refractivity (Wildman–Crippen MR) is 70.8 cm³/mol. The summed E-state index contributed by atoms with van der Waals surface area (Å²) in [6.07, 6.45) is 3.82. The van der Waals surface area contributed by atoms with Gasteiger partial charge in [0.2, 0.25) is 5.88 Å². The van der Waals surface area contributed by atoms with Crippen molar-refractivity contribution in [3.05, 3.63) is 18.5 Å². The number of anilines is 2. The van der Waals surface area contributed by atoms with E-state index in [1.807, 2.05) is 18.5 Å². The molecule has 0 bridgehead atoms. The Bertz CT molecular complexity index is 540. The van der Waals surface area contributed by atoms with Crippen molar-refractivity contribution in [2.75, 3.05) is 24.2 Å². The van der Waals surface area contributed by atoms with Gasteiger partial charge in [-0.25, -0.2) is 4.98 Å². The highest BCUT2D eigenvalue weighted by molar-refractivity contribution is 5.66. The van der Waals surface area contributed by atoms with Crippen molar-refractivity contribution >= 4 is 11.5 Å². The van der Waals surface area contributed by atoms with Crippen molar-refractivity contribution < 1.29 is 4.74 Å². The highest BCUT2D eigenvalue weighted by Gasteiger charge is 2.08. The molecule has 0 aliphatic carbocycles. The summed E-state index contributed by atoms with van der Waals surface area (Å²) in [4.78, 5) is 8.07. The maximum atomic E-state index is 5.91. The van der Waals surface area contributed by atoms with Gasteiger partial charge in [-0.3, -0.25) is 0 Å². The lowest BCUT2D eigenvalue weighted by molar-refractivity contribution is 0.328. The molecule has 0 aliphatic heterocycles. The van der Waals surface area contributed by atoms with E-state index < -0.39 is 0 Å². The van der Waals surface area contributed by atoms with E-state index in [1.165, 1.54) is 6.33 Å². The molecule has 0 radical (unpaired) electrons. The second-order valence-electron chi connectivity index (χ2n) is 3.91. The van der Waals surface area contributed by atoms with Crippen LogP contribution < -0.4 is 15.8 Å². The van der Waals surface area contributed by atoms with Gasteiger partial charge in [0.05, 0.1) is 6.61 Å². The van der Waals surface area contributed by atoms with Gasteiger partial charge in [0.15, 0.2) is 5.82 Å². The number of nitrogen functional groups attached to an aromatic ring is 1. The van der Waals surface area contributed by atoms with E-state index in [0.717, 1.165) is 12.2 Å². The molecule has 8 heteroatoms. The molecule has 0 saturated heterocycles. The van der Waals surface area contributed by atoms with Gasteiger partial charge in [0.1, 0.15) is 24.2 Å². The number of hydrogen-bond acceptors (Lipinski definition) is 7. The van der Waals surface area contributed by atoms with Gasteiger partial charge in [0, 0.05) is 20.0 Å². The predicted octanol–water partition coefficient (Wildman–Crippen LogP) is 0.241. The van der Waals surface area contributed by atoms with Gasteiger partial charge in [0.25, 0.3) is 0 Å². The van der Waals surface area contributed by atoms with E-state index >= 15 is 0 Å². The molecule has 0 saturated carbocycles. The molecule has 0 unspecified atom stereocenters. The molecule has 0 spiro atoms. The molecule has 2 heterocycles. The average molecular weight is 263 g/mol. The van der Waals surface area contributed by atoms with E-state index in [1.54, 1.807) is 6.33 Å². The zero-order valence-corrected chi connectivity index (χ0v) is 11.0. The Labute approximate surface area is 111 Å². The fourth-order valence-corrected chi connectivity index (χ4v) is 1.60. The lowest BCUT2D eigenvalue weighted by Gasteiger charge is -2.10. The first-order valence-corrected chi connectivity index (χ1v) is 6.02. The quantitative estimate of drug-likeness (QED) is 0.769. The Morgan fingerprint density at radius 1 is 1.42 bits per heavy atom. The van der Waals surface area contributed by atoms with Crippen LogP contribution in [0.4, 0.5) is 11.5 Å². The average Bonchev–Trinajstić information content (AvgIpc) is 2.80. The Balaban J connectivity index is 1.96. The largest absolute Gasteiger partial charge is 0.476 e. The molecule has 0 aliphatic rings. The van der Waals surface area contributed by atoms with Crippen LogP contribution in [0.3, 0.4) is 0 Å². The lowest BCUT2D eigenvalue weighted by atomic mass is 10.4. The summed E-state index contributed by atoms with van der Waals surface area (Å²) in [6.45, 7) is 3.04. The highest BCUT2D eigenvalue weighted by Crippen LogP contribution is 2.24. The summed E-state index contributed by atoms with van der Waals surface area (Å²) in [6, 6.07) is 0. The second-order valence-corrected chi connectivity index (χ2v) is 3.91. The van der Waals surface area contributed by atoms with Crippen LogP contribution >= 0.6 is 0 Å². The van der Waals surface area contributed by atoms with Gasteiger partial charge < -0.3 is 20.4 Å². The number of rotatable bonds is 6. The molecular weight excluding hydrogens is 246 g/mol. The lowest BCUT2D eigenvalue weighted by Crippen LogP contribution is -2.12. The minimum atomic E-state index is 0.402. The summed E-state index contributed by atoms with van der Waals surface area (Å²) in [5, 5.41) is 11.0. The second kappa shape index (κ2) is 5.98. The van der Waals surface area contributed by atoms with Crippen molar-refractivity contribution in [1.29, 1.82) is 0 Å². The van der Waals surface area contributed by atoms with Gasteiger partial charge in [-0.05, 0) is 6.92 Å². The van der Waals surface area contributed by atoms with E-state index in [-0.39, 0.29) is 0 Å². The SMILES string of the molecule is CCOc1ncnc(NCCc2nncn2C)c1N. The monoisotopic (exact) mass is 263 g/mol. The Morgan fingerprint density at radius 3 is 2.95 bits per heavy atom. The number of nitrogens with zero attached hydrogens (tertiary/aromatic N) is 5. The fourth-order valence-electron chi connectivity index (χ4n) is 1.60. The smallest absolute Gasteiger partial charge is 0.242 e. The zero-order chi connectivity index (χ0) is 13.7. The Morgan fingerprint density at radius 2 is 2.26 bits per heavy atom. The normalized spacial score (nSPS) is 10.4. The summed E-state index contributed by atoms with van der Waals surface area (Å²) in [5.41, 5.74) is 6.33. The van der Waals surface area contributed by atoms with Crippen LogP contribution in [-0.4, -0.2) is 37.9 Å². The first-order chi connectivity index (χ1) is 9.22. The van der Waals surface area contributed by atoms with Crippen LogP contribution in [0.2, 0.25) is 0 Å². The van der Waals surface area contributed by atoms with Crippen LogP contribution in [0.15, 0.2) is 12.7 Å². The van der Waals surface area contributed by atoms with Gasteiger partial charge in [-0.1, -0.05) is 0 Å². The Hall–Kier alpha value is -2.38. The third-order valence-corrected chi connectivity index (χ3v) is 2.57. The molecular formula is C11H17N7O. The van der Waals surface area contributed by atoms with E-state index in [9.17, 15) is 0 Å². The summed E-state index contributed by atoms with van der Waals surface area (Å²) in [5.74, 6) is 1.87. The minimum Gasteiger partial charge on any atom is -0.476 e. The number of nitrogens with one attached hydrogen (secondary N) is 1. The highest BCUT2D eigenvalue weighted by atomic mass is 16.5. The van der Waals surface area contributed by atoms with Crippen LogP contribution in [0, 0.1) is 0 Å². The molecule has 2 rings (SSSR count). The van der Waals surface area contributed by atoms with E-state index in [2.05, 4.69) is 25.5 Å². The molecule has 8 nitrogen and oxygen atoms in total. The molecule has 0 atom stereocenters.